The van der Waals surface area contributed by atoms with E-state index >= 15 is 0 Å². The van der Waals surface area contributed by atoms with Gasteiger partial charge in [0.25, 0.3) is 0 Å². The molecule has 1 atom stereocenters. The second-order valence-corrected chi connectivity index (χ2v) is 3.50. The molecule has 3 N–H and O–H groups in total. The number of ether oxygens (including phenoxy) is 1. The minimum atomic E-state index is -1.12. The van der Waals surface area contributed by atoms with Gasteiger partial charge in [0.2, 0.25) is 0 Å². The number of benzene rings is 1. The Hall–Kier alpha value is -1.62. The summed E-state index contributed by atoms with van der Waals surface area (Å²) in [6.45, 7) is 1.57. The summed E-state index contributed by atoms with van der Waals surface area (Å²) in [4.78, 5) is 10.6. The zero-order chi connectivity index (χ0) is 12.3. The molecule has 1 unspecified atom stereocenters. The molecule has 1 rings (SSSR count). The van der Waals surface area contributed by atoms with Crippen LogP contribution < -0.4 is 10.5 Å². The van der Waals surface area contributed by atoms with Crippen LogP contribution in [0, 0.1) is 12.7 Å². The summed E-state index contributed by atoms with van der Waals surface area (Å²) in [5.41, 5.74) is 6.28. The smallest absolute Gasteiger partial charge is 0.320 e. The topological polar surface area (TPSA) is 72.5 Å². The van der Waals surface area contributed by atoms with Gasteiger partial charge in [0, 0.05) is 12.0 Å². The fraction of sp³-hybridized carbons (Fsp3) is 0.364. The average molecular weight is 227 g/mol. The van der Waals surface area contributed by atoms with Crippen LogP contribution in [0.1, 0.15) is 11.1 Å². The Balaban J connectivity index is 3.10. The number of nitrogens with two attached hydrogens (primary N) is 1. The minimum Gasteiger partial charge on any atom is -0.496 e. The number of rotatable bonds is 4. The fourth-order valence-corrected chi connectivity index (χ4v) is 1.46. The molecule has 0 spiro atoms. The minimum absolute atomic E-state index is 0.0438. The molecule has 0 aliphatic heterocycles. The van der Waals surface area contributed by atoms with Gasteiger partial charge in [-0.3, -0.25) is 4.79 Å². The third-order valence-electron chi connectivity index (χ3n) is 2.45. The first-order valence-corrected chi connectivity index (χ1v) is 4.77. The predicted molar refractivity (Wildman–Crippen MR) is 57.0 cm³/mol. The molecule has 0 aliphatic carbocycles. The molecule has 0 saturated carbocycles. The lowest BCUT2D eigenvalue weighted by atomic mass is 10.00. The molecule has 0 fully saturated rings. The Morgan fingerprint density at radius 2 is 2.25 bits per heavy atom. The number of methoxy groups -OCH3 is 1. The van der Waals surface area contributed by atoms with Crippen molar-refractivity contribution in [2.24, 2.45) is 5.73 Å². The van der Waals surface area contributed by atoms with Crippen molar-refractivity contribution in [3.8, 4) is 5.75 Å². The molecular weight excluding hydrogens is 213 g/mol. The molecule has 0 saturated heterocycles. The number of hydrogen-bond acceptors (Lipinski definition) is 3. The standard InChI is InChI=1S/C11H14FNO3/c1-6-7(5-9(13)11(14)15)10(16-2)4-3-8(6)12/h3-4,9H,5,13H2,1-2H3,(H,14,15). The maximum absolute atomic E-state index is 13.3. The lowest BCUT2D eigenvalue weighted by Gasteiger charge is -2.14. The van der Waals surface area contributed by atoms with Gasteiger partial charge in [-0.25, -0.2) is 4.39 Å². The van der Waals surface area contributed by atoms with Crippen molar-refractivity contribution in [2.45, 2.75) is 19.4 Å². The van der Waals surface area contributed by atoms with Crippen molar-refractivity contribution in [2.75, 3.05) is 7.11 Å². The first-order chi connectivity index (χ1) is 7.47. The molecule has 1 aromatic rings. The van der Waals surface area contributed by atoms with Gasteiger partial charge in [0.1, 0.15) is 17.6 Å². The Kier molecular flexibility index (Phi) is 3.84. The summed E-state index contributed by atoms with van der Waals surface area (Å²) < 4.78 is 18.3. The van der Waals surface area contributed by atoms with E-state index in [1.807, 2.05) is 0 Å². The van der Waals surface area contributed by atoms with E-state index in [0.29, 0.717) is 16.9 Å². The second kappa shape index (κ2) is 4.94. The van der Waals surface area contributed by atoms with Gasteiger partial charge >= 0.3 is 5.97 Å². The van der Waals surface area contributed by atoms with E-state index in [9.17, 15) is 9.18 Å². The molecule has 16 heavy (non-hydrogen) atoms. The molecule has 0 radical (unpaired) electrons. The summed E-state index contributed by atoms with van der Waals surface area (Å²) in [7, 11) is 1.45. The van der Waals surface area contributed by atoms with Crippen molar-refractivity contribution in [3.63, 3.8) is 0 Å². The number of carbonyl (C=O) groups is 1. The molecule has 0 aliphatic rings. The molecule has 4 nitrogen and oxygen atoms in total. The van der Waals surface area contributed by atoms with Gasteiger partial charge in [-0.05, 0) is 24.6 Å². The molecule has 0 bridgehead atoms. The van der Waals surface area contributed by atoms with Crippen molar-refractivity contribution in [3.05, 3.63) is 29.1 Å². The molecular formula is C11H14FNO3. The van der Waals surface area contributed by atoms with Gasteiger partial charge < -0.3 is 15.6 Å². The van der Waals surface area contributed by atoms with Crippen molar-refractivity contribution >= 4 is 5.97 Å². The Bertz CT molecular complexity index is 406. The SMILES string of the molecule is COc1ccc(F)c(C)c1CC(N)C(=O)O. The highest BCUT2D eigenvalue weighted by atomic mass is 19.1. The summed E-state index contributed by atoms with van der Waals surface area (Å²) in [6.07, 6.45) is 0.0438. The second-order valence-electron chi connectivity index (χ2n) is 3.50. The van der Waals surface area contributed by atoms with E-state index in [2.05, 4.69) is 0 Å². The van der Waals surface area contributed by atoms with E-state index in [1.165, 1.54) is 19.2 Å². The van der Waals surface area contributed by atoms with Gasteiger partial charge in [-0.1, -0.05) is 0 Å². The molecule has 0 amide bonds. The summed E-state index contributed by atoms with van der Waals surface area (Å²) >= 11 is 0. The predicted octanol–water partition coefficient (Wildman–Crippen LogP) is 1.10. The average Bonchev–Trinajstić information content (AvgIpc) is 2.25. The largest absolute Gasteiger partial charge is 0.496 e. The highest BCUT2D eigenvalue weighted by Gasteiger charge is 2.18. The number of carboxylic acid groups (broad SMARTS) is 1. The van der Waals surface area contributed by atoms with E-state index in [0.717, 1.165) is 0 Å². The highest BCUT2D eigenvalue weighted by Crippen LogP contribution is 2.25. The number of carboxylic acids is 1. The first kappa shape index (κ1) is 12.4. The van der Waals surface area contributed by atoms with Crippen LogP contribution in [0.2, 0.25) is 0 Å². The number of hydrogen-bond donors (Lipinski definition) is 2. The maximum atomic E-state index is 13.3. The van der Waals surface area contributed by atoms with Crippen molar-refractivity contribution < 1.29 is 19.0 Å². The van der Waals surface area contributed by atoms with Gasteiger partial charge in [-0.15, -0.1) is 0 Å². The molecule has 5 heteroatoms. The number of aliphatic carboxylic acids is 1. The van der Waals surface area contributed by atoms with Gasteiger partial charge in [-0.2, -0.15) is 0 Å². The molecule has 1 aromatic carbocycles. The highest BCUT2D eigenvalue weighted by molar-refractivity contribution is 5.73. The molecule has 88 valence electrons. The summed E-state index contributed by atoms with van der Waals surface area (Å²) in [5, 5.41) is 8.71. The summed E-state index contributed by atoms with van der Waals surface area (Å²) in [6, 6.07) is 1.69. The quantitative estimate of drug-likeness (QED) is 0.807. The van der Waals surface area contributed by atoms with E-state index in [4.69, 9.17) is 15.6 Å². The third kappa shape index (κ3) is 2.49. The molecule has 0 heterocycles. The van der Waals surface area contributed by atoms with Gasteiger partial charge in [0.05, 0.1) is 7.11 Å². The first-order valence-electron chi connectivity index (χ1n) is 4.77. The van der Waals surface area contributed by atoms with Crippen LogP contribution in [0.3, 0.4) is 0 Å². The van der Waals surface area contributed by atoms with Crippen LogP contribution in [-0.4, -0.2) is 24.2 Å². The number of halogens is 1. The van der Waals surface area contributed by atoms with Gasteiger partial charge in [0.15, 0.2) is 0 Å². The van der Waals surface area contributed by atoms with Crippen molar-refractivity contribution in [1.82, 2.24) is 0 Å². The normalized spacial score (nSPS) is 12.2. The Morgan fingerprint density at radius 1 is 1.62 bits per heavy atom. The lowest BCUT2D eigenvalue weighted by Crippen LogP contribution is -2.32. The van der Waals surface area contributed by atoms with Crippen LogP contribution in [-0.2, 0) is 11.2 Å². The third-order valence-corrected chi connectivity index (χ3v) is 2.45. The van der Waals surface area contributed by atoms with Crippen LogP contribution in [0.15, 0.2) is 12.1 Å². The summed E-state index contributed by atoms with van der Waals surface area (Å²) in [5.74, 6) is -1.06. The van der Waals surface area contributed by atoms with Crippen LogP contribution >= 0.6 is 0 Å². The zero-order valence-corrected chi connectivity index (χ0v) is 9.16. The van der Waals surface area contributed by atoms with Crippen molar-refractivity contribution in [1.29, 1.82) is 0 Å². The zero-order valence-electron chi connectivity index (χ0n) is 9.16. The Morgan fingerprint density at radius 3 is 2.75 bits per heavy atom. The van der Waals surface area contributed by atoms with Crippen LogP contribution in [0.25, 0.3) is 0 Å². The Labute approximate surface area is 92.8 Å². The molecule has 0 aromatic heterocycles. The van der Waals surface area contributed by atoms with E-state index in [1.54, 1.807) is 6.92 Å². The monoisotopic (exact) mass is 227 g/mol. The van der Waals surface area contributed by atoms with Crippen LogP contribution in [0.4, 0.5) is 4.39 Å². The van der Waals surface area contributed by atoms with E-state index < -0.39 is 17.8 Å². The lowest BCUT2D eigenvalue weighted by molar-refractivity contribution is -0.138. The van der Waals surface area contributed by atoms with E-state index in [-0.39, 0.29) is 6.42 Å². The fourth-order valence-electron chi connectivity index (χ4n) is 1.46. The maximum Gasteiger partial charge on any atom is 0.320 e. The van der Waals surface area contributed by atoms with Crippen LogP contribution in [0.5, 0.6) is 5.75 Å².